The number of halogens is 3. The van der Waals surface area contributed by atoms with Crippen LogP contribution in [0.1, 0.15) is 24.4 Å². The van der Waals surface area contributed by atoms with Crippen LogP contribution >= 0.6 is 27.5 Å². The highest BCUT2D eigenvalue weighted by molar-refractivity contribution is 9.09. The quantitative estimate of drug-likeness (QED) is 0.846. The summed E-state index contributed by atoms with van der Waals surface area (Å²) in [5.41, 5.74) is 0.781. The Bertz CT molecular complexity index is 437. The molecule has 1 fully saturated rings. The molecule has 5 heteroatoms. The molecule has 0 unspecified atom stereocenters. The van der Waals surface area contributed by atoms with Crippen molar-refractivity contribution >= 4 is 33.4 Å². The van der Waals surface area contributed by atoms with Gasteiger partial charge in [0.25, 0.3) is 0 Å². The summed E-state index contributed by atoms with van der Waals surface area (Å²) >= 11 is 8.75. The Labute approximate surface area is 113 Å². The second kappa shape index (κ2) is 5.36. The molecular weight excluding hydrogens is 308 g/mol. The Morgan fingerprint density at radius 1 is 1.59 bits per heavy atom. The van der Waals surface area contributed by atoms with Gasteiger partial charge in [-0.15, -0.1) is 0 Å². The Balaban J connectivity index is 2.20. The largest absolute Gasteiger partial charge is 0.348 e. The molecule has 2 nitrogen and oxygen atoms in total. The van der Waals surface area contributed by atoms with E-state index in [4.69, 9.17) is 11.6 Å². The van der Waals surface area contributed by atoms with Crippen molar-refractivity contribution in [2.45, 2.75) is 18.9 Å². The maximum absolute atomic E-state index is 13.4. The third-order valence-electron chi connectivity index (χ3n) is 2.83. The van der Waals surface area contributed by atoms with Gasteiger partial charge in [-0.05, 0) is 36.5 Å². The fourth-order valence-electron chi connectivity index (χ4n) is 1.82. The van der Waals surface area contributed by atoms with E-state index in [1.54, 1.807) is 6.07 Å². The van der Waals surface area contributed by atoms with E-state index in [0.717, 1.165) is 18.4 Å². The molecule has 1 aliphatic rings. The Hall–Kier alpha value is -0.610. The third kappa shape index (κ3) is 3.19. The van der Waals surface area contributed by atoms with Crippen LogP contribution in [0.15, 0.2) is 18.2 Å². The second-order valence-electron chi connectivity index (χ2n) is 4.19. The maximum atomic E-state index is 13.4. The minimum Gasteiger partial charge on any atom is -0.348 e. The van der Waals surface area contributed by atoms with Crippen LogP contribution in [0.3, 0.4) is 0 Å². The van der Waals surface area contributed by atoms with Gasteiger partial charge in [-0.1, -0.05) is 33.6 Å². The van der Waals surface area contributed by atoms with Gasteiger partial charge in [-0.3, -0.25) is 4.79 Å². The van der Waals surface area contributed by atoms with Gasteiger partial charge >= 0.3 is 0 Å². The molecule has 17 heavy (non-hydrogen) atoms. The number of hydrogen-bond donors (Lipinski definition) is 1. The topological polar surface area (TPSA) is 29.1 Å². The molecule has 0 bridgehead atoms. The average molecular weight is 321 g/mol. The van der Waals surface area contributed by atoms with E-state index in [9.17, 15) is 9.18 Å². The highest BCUT2D eigenvalue weighted by Gasteiger charge is 2.33. The van der Waals surface area contributed by atoms with Gasteiger partial charge in [0, 0.05) is 0 Å². The number of benzene rings is 1. The molecule has 92 valence electrons. The van der Waals surface area contributed by atoms with E-state index >= 15 is 0 Å². The number of nitrogens with one attached hydrogen (secondary N) is 1. The van der Waals surface area contributed by atoms with Gasteiger partial charge in [0.05, 0.1) is 16.4 Å². The summed E-state index contributed by atoms with van der Waals surface area (Å²) in [7, 11) is 0. The summed E-state index contributed by atoms with van der Waals surface area (Å²) in [5, 5.41) is 3.26. The molecule has 1 atom stereocenters. The summed E-state index contributed by atoms with van der Waals surface area (Å²) in [4.78, 5) is 11.4. The molecule has 0 aliphatic heterocycles. The lowest BCUT2D eigenvalue weighted by Gasteiger charge is -2.18. The predicted octanol–water partition coefficient (Wildman–Crippen LogP) is 3.44. The first-order valence-electron chi connectivity index (χ1n) is 5.42. The first kappa shape index (κ1) is 12.8. The van der Waals surface area contributed by atoms with E-state index in [-0.39, 0.29) is 22.3 Å². The van der Waals surface area contributed by atoms with Crippen LogP contribution in [0, 0.1) is 11.7 Å². The molecule has 0 heterocycles. The zero-order valence-corrected chi connectivity index (χ0v) is 11.4. The van der Waals surface area contributed by atoms with Crippen LogP contribution in [-0.2, 0) is 4.79 Å². The van der Waals surface area contributed by atoms with Crippen molar-refractivity contribution in [2.24, 2.45) is 5.92 Å². The van der Waals surface area contributed by atoms with E-state index in [1.165, 1.54) is 12.1 Å². The van der Waals surface area contributed by atoms with Gasteiger partial charge in [0.1, 0.15) is 5.82 Å². The summed E-state index contributed by atoms with van der Waals surface area (Å²) < 4.78 is 13.4. The molecule has 2 rings (SSSR count). The lowest BCUT2D eigenvalue weighted by atomic mass is 10.0. The van der Waals surface area contributed by atoms with Crippen molar-refractivity contribution in [1.82, 2.24) is 5.32 Å². The minimum absolute atomic E-state index is 0.0859. The van der Waals surface area contributed by atoms with E-state index < -0.39 is 5.82 Å². The van der Waals surface area contributed by atoms with Crippen molar-refractivity contribution in [3.8, 4) is 0 Å². The molecular formula is C12H12BrClFNO. The van der Waals surface area contributed by atoms with Gasteiger partial charge in [0.15, 0.2) is 0 Å². The van der Waals surface area contributed by atoms with Gasteiger partial charge in [0.2, 0.25) is 5.91 Å². The zero-order valence-electron chi connectivity index (χ0n) is 9.05. The Morgan fingerprint density at radius 2 is 2.29 bits per heavy atom. The van der Waals surface area contributed by atoms with Gasteiger partial charge < -0.3 is 5.32 Å². The van der Waals surface area contributed by atoms with Crippen LogP contribution in [-0.4, -0.2) is 11.2 Å². The van der Waals surface area contributed by atoms with Gasteiger partial charge in [-0.2, -0.15) is 0 Å². The number of alkyl halides is 1. The predicted molar refractivity (Wildman–Crippen MR) is 68.8 cm³/mol. The highest BCUT2D eigenvalue weighted by Crippen LogP contribution is 2.41. The summed E-state index contributed by atoms with van der Waals surface area (Å²) in [6, 6.07) is 4.59. The molecule has 0 radical (unpaired) electrons. The Morgan fingerprint density at radius 3 is 2.82 bits per heavy atom. The monoisotopic (exact) mass is 319 g/mol. The molecule has 1 saturated carbocycles. The van der Waals surface area contributed by atoms with Crippen molar-refractivity contribution < 1.29 is 9.18 Å². The second-order valence-corrected chi connectivity index (χ2v) is 5.16. The molecule has 1 aromatic carbocycles. The standard InChI is InChI=1S/C12H12BrClFNO/c13-6-11(17)16-12(7-1-2-7)8-3-4-9(14)10(15)5-8/h3-5,7,12H,1-2,6H2,(H,16,17)/t12-/m0/s1. The van der Waals surface area contributed by atoms with Crippen LogP contribution in [0.2, 0.25) is 5.02 Å². The lowest BCUT2D eigenvalue weighted by molar-refractivity contribution is -0.119. The summed E-state index contributed by atoms with van der Waals surface area (Å²) in [5.74, 6) is -0.112. The molecule has 1 amide bonds. The normalized spacial score (nSPS) is 16.6. The fourth-order valence-corrected chi connectivity index (χ4v) is 2.10. The lowest BCUT2D eigenvalue weighted by Crippen LogP contribution is -2.30. The smallest absolute Gasteiger partial charge is 0.231 e. The van der Waals surface area contributed by atoms with Crippen molar-refractivity contribution in [2.75, 3.05) is 5.33 Å². The molecule has 1 N–H and O–H groups in total. The van der Waals surface area contributed by atoms with Crippen LogP contribution < -0.4 is 5.32 Å². The van der Waals surface area contributed by atoms with E-state index in [0.29, 0.717) is 5.92 Å². The highest BCUT2D eigenvalue weighted by atomic mass is 79.9. The van der Waals surface area contributed by atoms with E-state index in [2.05, 4.69) is 21.2 Å². The zero-order chi connectivity index (χ0) is 12.4. The number of carbonyl (C=O) groups excluding carboxylic acids is 1. The summed E-state index contributed by atoms with van der Waals surface area (Å²) in [6.07, 6.45) is 2.13. The molecule has 0 spiro atoms. The maximum Gasteiger partial charge on any atom is 0.231 e. The number of hydrogen-bond acceptors (Lipinski definition) is 1. The first-order valence-corrected chi connectivity index (χ1v) is 6.92. The Kier molecular flexibility index (Phi) is 4.05. The number of amides is 1. The fraction of sp³-hybridized carbons (Fsp3) is 0.417. The third-order valence-corrected chi connectivity index (χ3v) is 3.65. The van der Waals surface area contributed by atoms with Crippen molar-refractivity contribution in [3.05, 3.63) is 34.6 Å². The van der Waals surface area contributed by atoms with E-state index in [1.807, 2.05) is 0 Å². The minimum atomic E-state index is -0.442. The average Bonchev–Trinajstić information content (AvgIpc) is 3.13. The molecule has 1 aromatic rings. The van der Waals surface area contributed by atoms with Gasteiger partial charge in [-0.25, -0.2) is 4.39 Å². The molecule has 1 aliphatic carbocycles. The molecule has 0 aromatic heterocycles. The number of carbonyl (C=O) groups is 1. The summed E-state index contributed by atoms with van der Waals surface area (Å²) in [6.45, 7) is 0. The van der Waals surface area contributed by atoms with Crippen LogP contribution in [0.5, 0.6) is 0 Å². The SMILES string of the molecule is O=C(CBr)N[C@H](c1ccc(Cl)c(F)c1)C1CC1. The van der Waals surface area contributed by atoms with Crippen LogP contribution in [0.4, 0.5) is 4.39 Å². The van der Waals surface area contributed by atoms with Crippen LogP contribution in [0.25, 0.3) is 0 Å². The molecule has 0 saturated heterocycles. The number of rotatable bonds is 4. The van der Waals surface area contributed by atoms with Crippen molar-refractivity contribution in [3.63, 3.8) is 0 Å². The first-order chi connectivity index (χ1) is 8.11. The van der Waals surface area contributed by atoms with Crippen molar-refractivity contribution in [1.29, 1.82) is 0 Å².